The third-order valence-corrected chi connectivity index (χ3v) is 3.07. The van der Waals surface area contributed by atoms with Crippen LogP contribution in [0.2, 0.25) is 0 Å². The van der Waals surface area contributed by atoms with Crippen LogP contribution in [0.25, 0.3) is 0 Å². The number of benzene rings is 1. The van der Waals surface area contributed by atoms with Crippen molar-refractivity contribution in [3.05, 3.63) is 23.8 Å². The molecule has 1 aromatic carbocycles. The maximum atomic E-state index is 9.56. The molecule has 0 saturated heterocycles. The van der Waals surface area contributed by atoms with Gasteiger partial charge in [0, 0.05) is 18.3 Å². The molecule has 2 N–H and O–H groups in total. The maximum absolute atomic E-state index is 9.56. The van der Waals surface area contributed by atoms with Gasteiger partial charge in [0.15, 0.2) is 0 Å². The Morgan fingerprint density at radius 1 is 1.06 bits per heavy atom. The Balaban J connectivity index is 2.11. The molecule has 0 unspecified atom stereocenters. The molecule has 0 aliphatic heterocycles. The van der Waals surface area contributed by atoms with Gasteiger partial charge < -0.3 is 10.4 Å². The number of nitrogens with one attached hydrogen (secondary N) is 1. The molecule has 17 heavy (non-hydrogen) atoms. The van der Waals surface area contributed by atoms with E-state index in [1.54, 1.807) is 6.07 Å². The van der Waals surface area contributed by atoms with Crippen molar-refractivity contribution in [2.75, 3.05) is 11.9 Å². The van der Waals surface area contributed by atoms with Gasteiger partial charge >= 0.3 is 0 Å². The van der Waals surface area contributed by atoms with Crippen LogP contribution < -0.4 is 5.32 Å². The van der Waals surface area contributed by atoms with Crippen LogP contribution >= 0.6 is 0 Å². The molecule has 0 spiro atoms. The lowest BCUT2D eigenvalue weighted by molar-refractivity contribution is 0.471. The van der Waals surface area contributed by atoms with Crippen LogP contribution in [0.3, 0.4) is 0 Å². The lowest BCUT2D eigenvalue weighted by Gasteiger charge is -2.07. The lowest BCUT2D eigenvalue weighted by Crippen LogP contribution is -2.01. The van der Waals surface area contributed by atoms with Crippen molar-refractivity contribution in [2.45, 2.75) is 52.4 Å². The molecule has 0 heterocycles. The normalized spacial score (nSPS) is 10.5. The van der Waals surface area contributed by atoms with Crippen molar-refractivity contribution in [1.82, 2.24) is 0 Å². The van der Waals surface area contributed by atoms with Gasteiger partial charge in [0.1, 0.15) is 5.75 Å². The summed E-state index contributed by atoms with van der Waals surface area (Å²) in [6, 6.07) is 5.76. The van der Waals surface area contributed by atoms with Gasteiger partial charge in [-0.3, -0.25) is 0 Å². The van der Waals surface area contributed by atoms with Crippen molar-refractivity contribution in [3.63, 3.8) is 0 Å². The highest BCUT2D eigenvalue weighted by molar-refractivity contribution is 5.50. The van der Waals surface area contributed by atoms with Gasteiger partial charge in [-0.2, -0.15) is 0 Å². The molecule has 0 amide bonds. The molecule has 0 aliphatic rings. The maximum Gasteiger partial charge on any atom is 0.120 e. The second-order valence-electron chi connectivity index (χ2n) is 4.70. The molecule has 0 bridgehead atoms. The topological polar surface area (TPSA) is 32.3 Å². The van der Waals surface area contributed by atoms with Crippen LogP contribution in [0.1, 0.15) is 51.0 Å². The number of aromatic hydroxyl groups is 1. The SMILES string of the molecule is CCCCCCCCNc1ccc(C)c(O)c1. The minimum Gasteiger partial charge on any atom is -0.508 e. The summed E-state index contributed by atoms with van der Waals surface area (Å²) in [6.07, 6.45) is 7.87. The van der Waals surface area contributed by atoms with Gasteiger partial charge in [-0.05, 0) is 25.0 Å². The fourth-order valence-electron chi connectivity index (χ4n) is 1.86. The average Bonchev–Trinajstić information content (AvgIpc) is 2.32. The van der Waals surface area contributed by atoms with Gasteiger partial charge in [-0.15, -0.1) is 0 Å². The monoisotopic (exact) mass is 235 g/mol. The number of hydrogen-bond donors (Lipinski definition) is 2. The Hall–Kier alpha value is -1.18. The largest absolute Gasteiger partial charge is 0.508 e. The minimum absolute atomic E-state index is 0.373. The van der Waals surface area contributed by atoms with Crippen LogP contribution in [-0.2, 0) is 0 Å². The van der Waals surface area contributed by atoms with Gasteiger partial charge in [-0.25, -0.2) is 0 Å². The van der Waals surface area contributed by atoms with E-state index in [0.29, 0.717) is 5.75 Å². The smallest absolute Gasteiger partial charge is 0.120 e. The fourth-order valence-corrected chi connectivity index (χ4v) is 1.86. The van der Waals surface area contributed by atoms with E-state index in [4.69, 9.17) is 0 Å². The molecule has 0 radical (unpaired) electrons. The number of phenolic OH excluding ortho intramolecular Hbond substituents is 1. The summed E-state index contributed by atoms with van der Waals surface area (Å²) < 4.78 is 0. The number of anilines is 1. The van der Waals surface area contributed by atoms with Crippen molar-refractivity contribution in [1.29, 1.82) is 0 Å². The second-order valence-corrected chi connectivity index (χ2v) is 4.70. The molecule has 0 aliphatic carbocycles. The van der Waals surface area contributed by atoms with Crippen molar-refractivity contribution < 1.29 is 5.11 Å². The first-order chi connectivity index (χ1) is 8.24. The number of rotatable bonds is 8. The molecule has 1 aromatic rings. The molecule has 2 heteroatoms. The van der Waals surface area contributed by atoms with Crippen LogP contribution in [0.4, 0.5) is 5.69 Å². The van der Waals surface area contributed by atoms with E-state index in [1.807, 2.05) is 19.1 Å². The first-order valence-electron chi connectivity index (χ1n) is 6.77. The van der Waals surface area contributed by atoms with E-state index < -0.39 is 0 Å². The molecule has 1 rings (SSSR count). The Bertz CT molecular complexity index is 323. The van der Waals surface area contributed by atoms with Gasteiger partial charge in [-0.1, -0.05) is 45.1 Å². The Morgan fingerprint density at radius 2 is 1.76 bits per heavy atom. The summed E-state index contributed by atoms with van der Waals surface area (Å²) in [5, 5.41) is 12.9. The summed E-state index contributed by atoms with van der Waals surface area (Å²) in [5.74, 6) is 0.373. The zero-order chi connectivity index (χ0) is 12.5. The summed E-state index contributed by atoms with van der Waals surface area (Å²) in [7, 11) is 0. The molecule has 0 fully saturated rings. The Kier molecular flexibility index (Phi) is 6.53. The Labute approximate surface area is 105 Å². The highest BCUT2D eigenvalue weighted by Crippen LogP contribution is 2.20. The average molecular weight is 235 g/mol. The predicted octanol–water partition coefficient (Wildman–Crippen LogP) is 4.47. The summed E-state index contributed by atoms with van der Waals surface area (Å²) in [5.41, 5.74) is 1.94. The van der Waals surface area contributed by atoms with Gasteiger partial charge in [0.2, 0.25) is 0 Å². The third kappa shape index (κ3) is 5.62. The zero-order valence-electron chi connectivity index (χ0n) is 11.1. The number of hydrogen-bond acceptors (Lipinski definition) is 2. The lowest BCUT2D eigenvalue weighted by atomic mass is 10.1. The van der Waals surface area contributed by atoms with Crippen LogP contribution in [0.15, 0.2) is 18.2 Å². The number of phenols is 1. The van der Waals surface area contributed by atoms with E-state index in [0.717, 1.165) is 17.8 Å². The second kappa shape index (κ2) is 7.99. The van der Waals surface area contributed by atoms with Crippen LogP contribution in [0, 0.1) is 6.92 Å². The van der Waals surface area contributed by atoms with Gasteiger partial charge in [0.05, 0.1) is 0 Å². The number of unbranched alkanes of at least 4 members (excludes halogenated alkanes) is 5. The van der Waals surface area contributed by atoms with E-state index in [9.17, 15) is 5.11 Å². The first kappa shape index (κ1) is 13.9. The number of aryl methyl sites for hydroxylation is 1. The highest BCUT2D eigenvalue weighted by Gasteiger charge is 1.97. The van der Waals surface area contributed by atoms with E-state index >= 15 is 0 Å². The molecular formula is C15H25NO. The van der Waals surface area contributed by atoms with Crippen LogP contribution in [0.5, 0.6) is 5.75 Å². The van der Waals surface area contributed by atoms with E-state index in [-0.39, 0.29) is 0 Å². The Morgan fingerprint density at radius 3 is 2.47 bits per heavy atom. The predicted molar refractivity (Wildman–Crippen MR) is 74.7 cm³/mol. The standard InChI is InChI=1S/C15H25NO/c1-3-4-5-6-7-8-11-16-14-10-9-13(2)15(17)12-14/h9-10,12,16-17H,3-8,11H2,1-2H3. The molecule has 0 saturated carbocycles. The van der Waals surface area contributed by atoms with Crippen LogP contribution in [-0.4, -0.2) is 11.7 Å². The fraction of sp³-hybridized carbons (Fsp3) is 0.600. The molecular weight excluding hydrogens is 210 g/mol. The molecule has 0 aromatic heterocycles. The van der Waals surface area contributed by atoms with Gasteiger partial charge in [0.25, 0.3) is 0 Å². The van der Waals surface area contributed by atoms with E-state index in [1.165, 1.54) is 38.5 Å². The van der Waals surface area contributed by atoms with E-state index in [2.05, 4.69) is 12.2 Å². The summed E-state index contributed by atoms with van der Waals surface area (Å²) in [6.45, 7) is 5.15. The van der Waals surface area contributed by atoms with Crippen molar-refractivity contribution in [2.24, 2.45) is 0 Å². The highest BCUT2D eigenvalue weighted by atomic mass is 16.3. The van der Waals surface area contributed by atoms with Crippen molar-refractivity contribution in [3.8, 4) is 5.75 Å². The summed E-state index contributed by atoms with van der Waals surface area (Å²) in [4.78, 5) is 0. The first-order valence-corrected chi connectivity index (χ1v) is 6.77. The van der Waals surface area contributed by atoms with Crippen molar-refractivity contribution >= 4 is 5.69 Å². The zero-order valence-corrected chi connectivity index (χ0v) is 11.1. The molecule has 96 valence electrons. The quantitative estimate of drug-likeness (QED) is 0.651. The minimum atomic E-state index is 0.373. The molecule has 2 nitrogen and oxygen atoms in total. The summed E-state index contributed by atoms with van der Waals surface area (Å²) >= 11 is 0. The molecule has 0 atom stereocenters. The third-order valence-electron chi connectivity index (χ3n) is 3.07.